The first-order valence-electron chi connectivity index (χ1n) is 7.90. The molecule has 0 bridgehead atoms. The number of rotatable bonds is 5. The molecule has 1 aliphatic rings. The summed E-state index contributed by atoms with van der Waals surface area (Å²) in [6.07, 6.45) is 2.17. The fraction of sp³-hybridized carbons (Fsp3) is 0.389. The molecule has 3 rings (SSSR count). The van der Waals surface area contributed by atoms with Crippen molar-refractivity contribution in [1.82, 2.24) is 10.6 Å². The lowest BCUT2D eigenvalue weighted by Gasteiger charge is -2.21. The minimum absolute atomic E-state index is 0.0475. The van der Waals surface area contributed by atoms with Gasteiger partial charge in [0.05, 0.1) is 6.04 Å². The zero-order chi connectivity index (χ0) is 16.3. The van der Waals surface area contributed by atoms with E-state index in [9.17, 15) is 4.39 Å². The minimum atomic E-state index is -0.164. The maximum atomic E-state index is 13.5. The smallest absolute Gasteiger partial charge is 0.191 e. The molecule has 0 aliphatic heterocycles. The first-order valence-corrected chi connectivity index (χ1v) is 8.77. The monoisotopic (exact) mass is 331 g/mol. The molecule has 0 saturated heterocycles. The molecule has 0 spiro atoms. The van der Waals surface area contributed by atoms with Crippen LogP contribution in [0.5, 0.6) is 0 Å². The third-order valence-corrected chi connectivity index (χ3v) is 5.49. The van der Waals surface area contributed by atoms with E-state index in [1.165, 1.54) is 10.9 Å². The average molecular weight is 331 g/mol. The second-order valence-electron chi connectivity index (χ2n) is 6.10. The SMILES string of the molecule is CN=C(NCC1(c2cccc(F)c2)CC1)NC(C)c1cccs1. The molecule has 1 unspecified atom stereocenters. The number of hydrogen-bond acceptors (Lipinski definition) is 2. The molecule has 23 heavy (non-hydrogen) atoms. The topological polar surface area (TPSA) is 36.4 Å². The number of halogens is 1. The Morgan fingerprint density at radius 2 is 2.17 bits per heavy atom. The van der Waals surface area contributed by atoms with Gasteiger partial charge in [0.1, 0.15) is 5.82 Å². The van der Waals surface area contributed by atoms with Gasteiger partial charge in [-0.1, -0.05) is 18.2 Å². The van der Waals surface area contributed by atoms with E-state index < -0.39 is 0 Å². The van der Waals surface area contributed by atoms with Gasteiger partial charge in [0.15, 0.2) is 5.96 Å². The predicted molar refractivity (Wildman–Crippen MR) is 94.5 cm³/mol. The van der Waals surface area contributed by atoms with Crippen LogP contribution in [0.2, 0.25) is 0 Å². The molecular formula is C18H22FN3S. The Morgan fingerprint density at radius 3 is 2.78 bits per heavy atom. The molecule has 1 aliphatic carbocycles. The summed E-state index contributed by atoms with van der Waals surface area (Å²) in [6, 6.07) is 11.3. The minimum Gasteiger partial charge on any atom is -0.356 e. The standard InChI is InChI=1S/C18H22FN3S/c1-13(16-7-4-10-23-16)22-17(20-2)21-12-18(8-9-18)14-5-3-6-15(19)11-14/h3-7,10-11,13H,8-9,12H2,1-2H3,(H2,20,21,22). The van der Waals surface area contributed by atoms with Gasteiger partial charge in [0.25, 0.3) is 0 Å². The Morgan fingerprint density at radius 1 is 1.35 bits per heavy atom. The lowest BCUT2D eigenvalue weighted by Crippen LogP contribution is -2.42. The third-order valence-electron chi connectivity index (χ3n) is 4.43. The summed E-state index contributed by atoms with van der Waals surface area (Å²) in [6.45, 7) is 2.89. The normalized spacial score (nSPS) is 17.6. The van der Waals surface area contributed by atoms with Crippen LogP contribution in [0.4, 0.5) is 4.39 Å². The summed E-state index contributed by atoms with van der Waals surface area (Å²) >= 11 is 1.73. The Labute approximate surface area is 140 Å². The number of nitrogens with one attached hydrogen (secondary N) is 2. The maximum absolute atomic E-state index is 13.5. The van der Waals surface area contributed by atoms with Crippen LogP contribution in [-0.4, -0.2) is 19.6 Å². The Bertz CT molecular complexity index is 677. The molecule has 1 saturated carbocycles. The van der Waals surface area contributed by atoms with Crippen LogP contribution in [0.1, 0.15) is 36.2 Å². The third kappa shape index (κ3) is 3.72. The summed E-state index contributed by atoms with van der Waals surface area (Å²) in [4.78, 5) is 5.58. The van der Waals surface area contributed by atoms with Crippen molar-refractivity contribution in [2.45, 2.75) is 31.2 Å². The van der Waals surface area contributed by atoms with Gasteiger partial charge in [-0.3, -0.25) is 4.99 Å². The first kappa shape index (κ1) is 16.0. The molecule has 2 N–H and O–H groups in total. The molecule has 3 nitrogen and oxygen atoms in total. The highest BCUT2D eigenvalue weighted by molar-refractivity contribution is 7.10. The number of thiophene rings is 1. The van der Waals surface area contributed by atoms with Crippen molar-refractivity contribution in [3.8, 4) is 0 Å². The van der Waals surface area contributed by atoms with Gasteiger partial charge in [0.2, 0.25) is 0 Å². The predicted octanol–water partition coefficient (Wildman–Crippen LogP) is 3.85. The van der Waals surface area contributed by atoms with Gasteiger partial charge >= 0.3 is 0 Å². The molecule has 0 radical (unpaired) electrons. The number of benzene rings is 1. The van der Waals surface area contributed by atoms with E-state index in [4.69, 9.17) is 0 Å². The maximum Gasteiger partial charge on any atom is 0.191 e. The van der Waals surface area contributed by atoms with E-state index in [-0.39, 0.29) is 17.3 Å². The van der Waals surface area contributed by atoms with Crippen LogP contribution in [0.15, 0.2) is 46.8 Å². The molecule has 1 atom stereocenters. The average Bonchev–Trinajstić information content (AvgIpc) is 3.14. The molecule has 2 aromatic rings. The summed E-state index contributed by atoms with van der Waals surface area (Å²) in [5, 5.41) is 8.89. The molecule has 1 fully saturated rings. The molecular weight excluding hydrogens is 309 g/mol. The van der Waals surface area contributed by atoms with E-state index in [1.54, 1.807) is 30.5 Å². The fourth-order valence-corrected chi connectivity index (χ4v) is 3.53. The summed E-state index contributed by atoms with van der Waals surface area (Å²) in [7, 11) is 1.78. The highest BCUT2D eigenvalue weighted by Crippen LogP contribution is 2.47. The second kappa shape index (κ2) is 6.71. The van der Waals surface area contributed by atoms with Crippen molar-refractivity contribution in [3.63, 3.8) is 0 Å². The summed E-state index contributed by atoms with van der Waals surface area (Å²) in [5.74, 6) is 0.621. The van der Waals surface area contributed by atoms with Crippen molar-refractivity contribution in [1.29, 1.82) is 0 Å². The largest absolute Gasteiger partial charge is 0.356 e. The van der Waals surface area contributed by atoms with Crippen LogP contribution < -0.4 is 10.6 Å². The van der Waals surface area contributed by atoms with Crippen molar-refractivity contribution >= 4 is 17.3 Å². The van der Waals surface area contributed by atoms with E-state index in [2.05, 4.69) is 40.1 Å². The molecule has 5 heteroatoms. The molecule has 1 heterocycles. The van der Waals surface area contributed by atoms with Gasteiger partial charge in [-0.15, -0.1) is 11.3 Å². The van der Waals surface area contributed by atoms with E-state index >= 15 is 0 Å². The van der Waals surface area contributed by atoms with Crippen LogP contribution in [0.3, 0.4) is 0 Å². The van der Waals surface area contributed by atoms with Gasteiger partial charge in [-0.25, -0.2) is 4.39 Å². The van der Waals surface area contributed by atoms with Crippen molar-refractivity contribution in [2.24, 2.45) is 4.99 Å². The Hall–Kier alpha value is -1.88. The van der Waals surface area contributed by atoms with Gasteiger partial charge in [-0.05, 0) is 48.9 Å². The van der Waals surface area contributed by atoms with E-state index in [1.807, 2.05) is 6.07 Å². The molecule has 1 aromatic heterocycles. The van der Waals surface area contributed by atoms with Crippen molar-refractivity contribution in [3.05, 3.63) is 58.0 Å². The Balaban J connectivity index is 1.60. The number of aliphatic imine (C=N–C) groups is 1. The summed E-state index contributed by atoms with van der Waals surface area (Å²) < 4.78 is 13.5. The zero-order valence-electron chi connectivity index (χ0n) is 13.5. The highest BCUT2D eigenvalue weighted by atomic mass is 32.1. The summed E-state index contributed by atoms with van der Waals surface area (Å²) in [5.41, 5.74) is 1.12. The van der Waals surface area contributed by atoms with Gasteiger partial charge < -0.3 is 10.6 Å². The van der Waals surface area contributed by atoms with Crippen LogP contribution in [0.25, 0.3) is 0 Å². The first-order chi connectivity index (χ1) is 11.1. The Kier molecular flexibility index (Phi) is 4.66. The lowest BCUT2D eigenvalue weighted by molar-refractivity contribution is 0.603. The zero-order valence-corrected chi connectivity index (χ0v) is 14.3. The van der Waals surface area contributed by atoms with Gasteiger partial charge in [-0.2, -0.15) is 0 Å². The quantitative estimate of drug-likeness (QED) is 0.645. The van der Waals surface area contributed by atoms with Crippen LogP contribution >= 0.6 is 11.3 Å². The second-order valence-corrected chi connectivity index (χ2v) is 7.08. The number of guanidine groups is 1. The number of hydrogen-bond donors (Lipinski definition) is 2. The lowest BCUT2D eigenvalue weighted by atomic mass is 9.96. The van der Waals surface area contributed by atoms with Crippen molar-refractivity contribution < 1.29 is 4.39 Å². The highest BCUT2D eigenvalue weighted by Gasteiger charge is 2.44. The van der Waals surface area contributed by atoms with Gasteiger partial charge in [0, 0.05) is 23.9 Å². The molecule has 122 valence electrons. The van der Waals surface area contributed by atoms with E-state index in [0.717, 1.165) is 30.9 Å². The fourth-order valence-electron chi connectivity index (χ4n) is 2.80. The van der Waals surface area contributed by atoms with E-state index in [0.29, 0.717) is 0 Å². The van der Waals surface area contributed by atoms with Crippen LogP contribution in [-0.2, 0) is 5.41 Å². The molecule has 1 aromatic carbocycles. The van der Waals surface area contributed by atoms with Crippen molar-refractivity contribution in [2.75, 3.05) is 13.6 Å². The van der Waals surface area contributed by atoms with Crippen LogP contribution in [0, 0.1) is 5.82 Å². The number of nitrogens with zero attached hydrogens (tertiary/aromatic N) is 1. The molecule has 0 amide bonds.